The molecule has 5 amide bonds. The number of primary amides is 1. The van der Waals surface area contributed by atoms with Crippen LogP contribution in [-0.2, 0) is 41.6 Å². The quantitative estimate of drug-likeness (QED) is 0.0861. The number of carboxylic acids is 1. The van der Waals surface area contributed by atoms with Crippen LogP contribution in [0.4, 0.5) is 0 Å². The number of rotatable bonds is 16. The Morgan fingerprint density at radius 3 is 1.88 bits per heavy atom. The van der Waals surface area contributed by atoms with Crippen LogP contribution in [0, 0.1) is 0 Å². The monoisotopic (exact) mass is 580 g/mol. The van der Waals surface area contributed by atoms with Crippen molar-refractivity contribution in [2.75, 3.05) is 5.75 Å². The summed E-state index contributed by atoms with van der Waals surface area (Å²) in [6.45, 7) is 1.30. The minimum absolute atomic E-state index is 0.123. The van der Waals surface area contributed by atoms with Crippen LogP contribution in [0.1, 0.15) is 24.7 Å². The van der Waals surface area contributed by atoms with Crippen LogP contribution in [0.2, 0.25) is 0 Å². The summed E-state index contributed by atoms with van der Waals surface area (Å²) in [6, 6.07) is -6.32. The summed E-state index contributed by atoms with van der Waals surface area (Å²) in [5.74, 6) is -5.69. The zero-order chi connectivity index (χ0) is 29.8. The maximum Gasteiger partial charge on any atom is 0.326 e. The molecule has 0 aliphatic rings. The Kier molecular flexibility index (Phi) is 12.1. The van der Waals surface area contributed by atoms with E-state index in [0.29, 0.717) is 11.4 Å². The first kappa shape index (κ1) is 31.8. The molecule has 0 aromatic carbocycles. The summed E-state index contributed by atoms with van der Waals surface area (Å²) in [5, 5.41) is 18.8. The number of nitrogens with zero attached hydrogens (tertiary/aromatic N) is 2. The molecule has 0 unspecified atom stereocenters. The average Bonchev–Trinajstić information content (AvgIpc) is 3.60. The number of aliphatic carboxylic acids is 1. The van der Waals surface area contributed by atoms with Crippen LogP contribution < -0.4 is 32.7 Å². The third kappa shape index (κ3) is 10.0. The molecule has 0 aliphatic carbocycles. The summed E-state index contributed by atoms with van der Waals surface area (Å²) < 4.78 is 0. The molecule has 40 heavy (non-hydrogen) atoms. The maximum atomic E-state index is 12.8. The third-order valence-corrected chi connectivity index (χ3v) is 5.90. The van der Waals surface area contributed by atoms with Gasteiger partial charge in [-0.1, -0.05) is 0 Å². The number of imidazole rings is 2. The predicted molar refractivity (Wildman–Crippen MR) is 141 cm³/mol. The Balaban J connectivity index is 1.97. The first-order valence-electron chi connectivity index (χ1n) is 11.9. The molecule has 2 aromatic heterocycles. The Labute approximate surface area is 233 Å². The molecule has 17 nitrogen and oxygen atoms in total. The number of nitrogens with two attached hydrogens (primary N) is 2. The first-order valence-corrected chi connectivity index (χ1v) is 12.6. The van der Waals surface area contributed by atoms with Crippen molar-refractivity contribution in [3.63, 3.8) is 0 Å². The second-order valence-electron chi connectivity index (χ2n) is 8.77. The van der Waals surface area contributed by atoms with Crippen LogP contribution in [0.3, 0.4) is 0 Å². The number of carboxylic acid groups (broad SMARTS) is 1. The fourth-order valence-electron chi connectivity index (χ4n) is 3.37. The van der Waals surface area contributed by atoms with E-state index in [9.17, 15) is 33.9 Å². The number of amides is 5. The number of hydrogen-bond donors (Lipinski definition) is 10. The molecule has 0 radical (unpaired) electrons. The molecule has 0 bridgehead atoms. The number of H-pyrrole nitrogens is 2. The molecule has 0 aliphatic heterocycles. The smallest absolute Gasteiger partial charge is 0.326 e. The van der Waals surface area contributed by atoms with E-state index in [1.165, 1.54) is 32.0 Å². The van der Waals surface area contributed by atoms with E-state index in [0.717, 1.165) is 0 Å². The maximum absolute atomic E-state index is 12.8. The van der Waals surface area contributed by atoms with E-state index in [1.807, 2.05) is 0 Å². The number of nitrogens with one attached hydrogen (secondary N) is 6. The number of hydrogen-bond acceptors (Lipinski definition) is 10. The number of aromatic nitrogens is 4. The van der Waals surface area contributed by atoms with Crippen molar-refractivity contribution < 1.29 is 33.9 Å². The average molecular weight is 581 g/mol. The van der Waals surface area contributed by atoms with Crippen molar-refractivity contribution in [3.05, 3.63) is 36.4 Å². The lowest BCUT2D eigenvalue weighted by atomic mass is 10.1. The van der Waals surface area contributed by atoms with Gasteiger partial charge in [-0.15, -0.1) is 0 Å². The molecule has 218 valence electrons. The standard InChI is InChI=1S/C22H32N10O7S/c1-10(29-21(37)16(7-40)32-19(35)13(23)2-11-5-25-8-27-11)18(34)30-14(4-17(24)33)20(36)31-15(22(38)39)3-12-6-26-9-28-12/h5-6,8-10,13-16,40H,2-4,7,23H2,1H3,(H2,24,33)(H,25,27)(H,26,28)(H,29,37)(H,30,34)(H,31,36)(H,32,35)(H,38,39)/t10-,13-,14-,15-,16-/m0/s1. The van der Waals surface area contributed by atoms with Crippen LogP contribution >= 0.6 is 12.6 Å². The summed E-state index contributed by atoms with van der Waals surface area (Å²) in [7, 11) is 0. The molecule has 11 N–H and O–H groups in total. The molecule has 0 spiro atoms. The highest BCUT2D eigenvalue weighted by Crippen LogP contribution is 2.03. The van der Waals surface area contributed by atoms with Gasteiger partial charge in [0.2, 0.25) is 29.5 Å². The fraction of sp³-hybridized carbons (Fsp3) is 0.455. The van der Waals surface area contributed by atoms with Gasteiger partial charge in [0.05, 0.1) is 25.1 Å². The Morgan fingerprint density at radius 2 is 1.38 bits per heavy atom. The molecule has 0 fully saturated rings. The Bertz CT molecular complexity index is 1170. The van der Waals surface area contributed by atoms with Crippen molar-refractivity contribution >= 4 is 48.1 Å². The summed E-state index contributed by atoms with van der Waals surface area (Å²) >= 11 is 4.07. The van der Waals surface area contributed by atoms with Crippen LogP contribution in [0.25, 0.3) is 0 Å². The van der Waals surface area contributed by atoms with Gasteiger partial charge in [0.25, 0.3) is 0 Å². The lowest BCUT2D eigenvalue weighted by molar-refractivity contribution is -0.142. The van der Waals surface area contributed by atoms with Crippen LogP contribution in [0.15, 0.2) is 25.0 Å². The molecule has 2 aromatic rings. The van der Waals surface area contributed by atoms with Gasteiger partial charge in [-0.2, -0.15) is 12.6 Å². The fourth-order valence-corrected chi connectivity index (χ4v) is 3.63. The zero-order valence-corrected chi connectivity index (χ0v) is 22.3. The normalized spacial score (nSPS) is 14.6. The Hall–Kier alpha value is -4.45. The van der Waals surface area contributed by atoms with Crippen molar-refractivity contribution in [2.45, 2.75) is 56.4 Å². The largest absolute Gasteiger partial charge is 0.480 e. The van der Waals surface area contributed by atoms with Crippen molar-refractivity contribution in [2.24, 2.45) is 11.5 Å². The topological polar surface area (TPSA) is 280 Å². The second-order valence-corrected chi connectivity index (χ2v) is 9.14. The summed E-state index contributed by atoms with van der Waals surface area (Å²) in [5.41, 5.74) is 12.1. The van der Waals surface area contributed by atoms with E-state index in [-0.39, 0.29) is 18.6 Å². The zero-order valence-electron chi connectivity index (χ0n) is 21.4. The van der Waals surface area contributed by atoms with E-state index >= 15 is 0 Å². The minimum atomic E-state index is -1.53. The van der Waals surface area contributed by atoms with E-state index in [4.69, 9.17) is 11.5 Å². The van der Waals surface area contributed by atoms with Gasteiger partial charge in [0, 0.05) is 42.4 Å². The van der Waals surface area contributed by atoms with Gasteiger partial charge in [-0.05, 0) is 6.92 Å². The molecular formula is C22H32N10O7S. The molecule has 0 saturated carbocycles. The molecule has 2 rings (SSSR count). The van der Waals surface area contributed by atoms with Gasteiger partial charge in [-0.25, -0.2) is 14.8 Å². The van der Waals surface area contributed by atoms with E-state index in [1.54, 1.807) is 0 Å². The molecule has 5 atom stereocenters. The highest BCUT2D eigenvalue weighted by molar-refractivity contribution is 7.80. The Morgan fingerprint density at radius 1 is 0.850 bits per heavy atom. The predicted octanol–water partition coefficient (Wildman–Crippen LogP) is -3.91. The molecule has 18 heteroatoms. The number of thiol groups is 1. The SMILES string of the molecule is C[C@H](NC(=O)[C@H](CS)NC(=O)[C@@H](N)Cc1cnc[nH]1)C(=O)N[C@@H](CC(N)=O)C(=O)N[C@@H](Cc1cnc[nH]1)C(=O)O. The minimum Gasteiger partial charge on any atom is -0.480 e. The first-order chi connectivity index (χ1) is 18.9. The van der Waals surface area contributed by atoms with Gasteiger partial charge < -0.3 is 47.8 Å². The number of aromatic amines is 2. The van der Waals surface area contributed by atoms with E-state index in [2.05, 4.69) is 53.8 Å². The van der Waals surface area contributed by atoms with Gasteiger partial charge in [0.1, 0.15) is 24.2 Å². The number of carbonyl (C=O) groups is 6. The van der Waals surface area contributed by atoms with Crippen LogP contribution in [0.5, 0.6) is 0 Å². The molecule has 2 heterocycles. The van der Waals surface area contributed by atoms with Crippen molar-refractivity contribution in [1.29, 1.82) is 0 Å². The highest BCUT2D eigenvalue weighted by Gasteiger charge is 2.31. The number of carbonyl (C=O) groups excluding carboxylic acids is 5. The lowest BCUT2D eigenvalue weighted by Crippen LogP contribution is -2.58. The molecular weight excluding hydrogens is 548 g/mol. The summed E-state index contributed by atoms with van der Waals surface area (Å²) in [6.07, 6.45) is 5.00. The lowest BCUT2D eigenvalue weighted by Gasteiger charge is -2.24. The van der Waals surface area contributed by atoms with Gasteiger partial charge >= 0.3 is 5.97 Å². The highest BCUT2D eigenvalue weighted by atomic mass is 32.1. The third-order valence-electron chi connectivity index (χ3n) is 5.53. The van der Waals surface area contributed by atoms with Gasteiger partial charge in [-0.3, -0.25) is 24.0 Å². The second kappa shape index (κ2) is 15.2. The molecule has 0 saturated heterocycles. The van der Waals surface area contributed by atoms with Gasteiger partial charge in [0.15, 0.2) is 0 Å². The van der Waals surface area contributed by atoms with E-state index < -0.39 is 72.1 Å². The van der Waals surface area contributed by atoms with Crippen LogP contribution in [-0.4, -0.2) is 96.5 Å². The van der Waals surface area contributed by atoms with Crippen molar-refractivity contribution in [3.8, 4) is 0 Å². The summed E-state index contributed by atoms with van der Waals surface area (Å²) in [4.78, 5) is 86.9. The van der Waals surface area contributed by atoms with Crippen molar-refractivity contribution in [1.82, 2.24) is 41.2 Å².